The summed E-state index contributed by atoms with van der Waals surface area (Å²) < 4.78 is 39.0. The lowest BCUT2D eigenvalue weighted by Gasteiger charge is -2.20. The summed E-state index contributed by atoms with van der Waals surface area (Å²) in [6, 6.07) is 3.03. The Morgan fingerprint density at radius 2 is 2.00 bits per heavy atom. The van der Waals surface area contributed by atoms with Crippen LogP contribution in [0.1, 0.15) is 61.8 Å². The molecule has 1 atom stereocenters. The monoisotopic (exact) mass is 422 g/mol. The Labute approximate surface area is 167 Å². The van der Waals surface area contributed by atoms with Crippen molar-refractivity contribution in [1.82, 2.24) is 19.6 Å². The zero-order valence-corrected chi connectivity index (χ0v) is 17.8. The Bertz CT molecular complexity index is 1080. The lowest BCUT2D eigenvalue weighted by molar-refractivity contribution is 0.289. The van der Waals surface area contributed by atoms with Gasteiger partial charge in [0.1, 0.15) is 16.0 Å². The summed E-state index contributed by atoms with van der Waals surface area (Å²) in [7, 11) is -3.67. The Morgan fingerprint density at radius 1 is 1.21 bits per heavy atom. The first-order valence-electron chi connectivity index (χ1n) is 9.17. The summed E-state index contributed by atoms with van der Waals surface area (Å²) >= 11 is 1.22. The zero-order chi connectivity index (χ0) is 20.1. The van der Waals surface area contributed by atoms with Gasteiger partial charge in [-0.3, -0.25) is 0 Å². The summed E-state index contributed by atoms with van der Waals surface area (Å²) in [6.45, 7) is 8.05. The quantitative estimate of drug-likeness (QED) is 0.611. The molecule has 1 fully saturated rings. The predicted octanol–water partition coefficient (Wildman–Crippen LogP) is 4.05. The van der Waals surface area contributed by atoms with Crippen LogP contribution in [-0.4, -0.2) is 34.6 Å². The third-order valence-corrected chi connectivity index (χ3v) is 8.36. The van der Waals surface area contributed by atoms with Gasteiger partial charge in [0.2, 0.25) is 5.89 Å². The molecule has 1 aliphatic heterocycles. The highest BCUT2D eigenvalue weighted by molar-refractivity contribution is 7.91. The largest absolute Gasteiger partial charge is 0.361 e. The maximum absolute atomic E-state index is 13.3. The first-order valence-corrected chi connectivity index (χ1v) is 11.4. The average Bonchev–Trinajstić information content (AvgIpc) is 3.41. The van der Waals surface area contributed by atoms with Gasteiger partial charge in [-0.25, -0.2) is 8.42 Å². The average molecular weight is 423 g/mol. The normalized spacial score (nSPS) is 18.4. The van der Waals surface area contributed by atoms with E-state index in [4.69, 9.17) is 9.05 Å². The third-order valence-electron chi connectivity index (χ3n) is 4.89. The van der Waals surface area contributed by atoms with Gasteiger partial charge >= 0.3 is 0 Å². The van der Waals surface area contributed by atoms with E-state index in [1.54, 1.807) is 12.1 Å². The van der Waals surface area contributed by atoms with Crippen LogP contribution >= 0.6 is 11.3 Å². The van der Waals surface area contributed by atoms with Crippen molar-refractivity contribution in [3.8, 4) is 10.4 Å². The van der Waals surface area contributed by atoms with Crippen molar-refractivity contribution >= 4 is 21.4 Å². The van der Waals surface area contributed by atoms with E-state index < -0.39 is 16.1 Å². The number of hydrogen-bond acceptors (Lipinski definition) is 8. The lowest BCUT2D eigenvalue weighted by atomic mass is 10.2. The van der Waals surface area contributed by atoms with Crippen LogP contribution < -0.4 is 0 Å². The number of hydrogen-bond donors (Lipinski definition) is 0. The highest BCUT2D eigenvalue weighted by atomic mass is 32.2. The molecular formula is C18H22N4O4S2. The van der Waals surface area contributed by atoms with E-state index in [9.17, 15) is 8.42 Å². The Morgan fingerprint density at radius 3 is 2.64 bits per heavy atom. The number of aromatic nitrogens is 3. The summed E-state index contributed by atoms with van der Waals surface area (Å²) in [4.78, 5) is 5.24. The molecule has 0 saturated carbocycles. The maximum atomic E-state index is 13.3. The molecule has 0 unspecified atom stereocenters. The van der Waals surface area contributed by atoms with Gasteiger partial charge in [-0.2, -0.15) is 9.29 Å². The Kier molecular flexibility index (Phi) is 4.88. The number of sulfonamides is 1. The molecule has 8 nitrogen and oxygen atoms in total. The fraction of sp³-hybridized carbons (Fsp3) is 0.500. The molecule has 1 saturated heterocycles. The standard InChI is InChI=1S/C18H22N4O4S2/c1-10(2)17-19-18(26-21-17)13-6-5-9-22(13)28(23,24)15-8-7-14(27-15)16-11(3)20-25-12(16)4/h7-8,10,13H,5-6,9H2,1-4H3/t13-/m0/s1. The molecule has 4 rings (SSSR count). The van der Waals surface area contributed by atoms with Crippen molar-refractivity contribution < 1.29 is 17.5 Å². The molecule has 28 heavy (non-hydrogen) atoms. The van der Waals surface area contributed by atoms with Crippen LogP contribution in [0.5, 0.6) is 0 Å². The Balaban J connectivity index is 1.66. The third kappa shape index (κ3) is 3.19. The van der Waals surface area contributed by atoms with Crippen LogP contribution in [0.3, 0.4) is 0 Å². The second-order valence-electron chi connectivity index (χ2n) is 7.24. The van der Waals surface area contributed by atoms with Crippen molar-refractivity contribution in [2.75, 3.05) is 6.54 Å². The summed E-state index contributed by atoms with van der Waals surface area (Å²) in [5.41, 5.74) is 1.59. The molecule has 150 valence electrons. The molecule has 1 aliphatic rings. The van der Waals surface area contributed by atoms with Crippen molar-refractivity contribution in [1.29, 1.82) is 0 Å². The van der Waals surface area contributed by atoms with Crippen LogP contribution in [0, 0.1) is 13.8 Å². The lowest BCUT2D eigenvalue weighted by Crippen LogP contribution is -2.30. The van der Waals surface area contributed by atoms with Gasteiger partial charge < -0.3 is 9.05 Å². The minimum Gasteiger partial charge on any atom is -0.361 e. The van der Waals surface area contributed by atoms with Crippen LogP contribution in [0.25, 0.3) is 10.4 Å². The summed E-state index contributed by atoms with van der Waals surface area (Å²) in [6.07, 6.45) is 1.42. The second-order valence-corrected chi connectivity index (χ2v) is 10.4. The second kappa shape index (κ2) is 7.09. The number of nitrogens with zero attached hydrogens (tertiary/aromatic N) is 4. The highest BCUT2D eigenvalue weighted by Gasteiger charge is 2.40. The molecule has 0 bridgehead atoms. The van der Waals surface area contributed by atoms with E-state index in [0.717, 1.165) is 22.6 Å². The van der Waals surface area contributed by atoms with Crippen LogP contribution in [-0.2, 0) is 10.0 Å². The smallest absolute Gasteiger partial charge is 0.253 e. The summed E-state index contributed by atoms with van der Waals surface area (Å²) in [5.74, 6) is 1.76. The predicted molar refractivity (Wildman–Crippen MR) is 104 cm³/mol. The fourth-order valence-electron chi connectivity index (χ4n) is 3.44. The maximum Gasteiger partial charge on any atom is 0.253 e. The van der Waals surface area contributed by atoms with E-state index in [2.05, 4.69) is 15.3 Å². The van der Waals surface area contributed by atoms with E-state index in [1.807, 2.05) is 27.7 Å². The number of thiophene rings is 1. The molecule has 10 heteroatoms. The van der Waals surface area contributed by atoms with E-state index >= 15 is 0 Å². The molecule has 0 aliphatic carbocycles. The van der Waals surface area contributed by atoms with Crippen molar-refractivity contribution in [3.05, 3.63) is 35.3 Å². The topological polar surface area (TPSA) is 102 Å². The molecule has 0 radical (unpaired) electrons. The number of aryl methyl sites for hydroxylation is 2. The first kappa shape index (κ1) is 19.3. The van der Waals surface area contributed by atoms with Gasteiger partial charge in [-0.05, 0) is 38.8 Å². The van der Waals surface area contributed by atoms with E-state index in [0.29, 0.717) is 30.4 Å². The molecule has 3 aromatic rings. The molecule has 0 amide bonds. The molecule has 0 spiro atoms. The van der Waals surface area contributed by atoms with Gasteiger partial charge in [0.05, 0.1) is 11.3 Å². The van der Waals surface area contributed by atoms with Gasteiger partial charge in [0.15, 0.2) is 5.82 Å². The fourth-order valence-corrected chi connectivity index (χ4v) is 6.67. The Hall–Kier alpha value is -2.04. The minimum absolute atomic E-state index is 0.124. The summed E-state index contributed by atoms with van der Waals surface area (Å²) in [5, 5.41) is 7.94. The van der Waals surface area contributed by atoms with Crippen LogP contribution in [0.15, 0.2) is 25.4 Å². The molecule has 4 heterocycles. The van der Waals surface area contributed by atoms with Crippen LogP contribution in [0.4, 0.5) is 0 Å². The highest BCUT2D eigenvalue weighted by Crippen LogP contribution is 2.40. The van der Waals surface area contributed by atoms with Crippen molar-refractivity contribution in [2.24, 2.45) is 0 Å². The van der Waals surface area contributed by atoms with Gasteiger partial charge in [0.25, 0.3) is 10.0 Å². The van der Waals surface area contributed by atoms with Gasteiger partial charge in [0, 0.05) is 17.3 Å². The van der Waals surface area contributed by atoms with Gasteiger partial charge in [-0.15, -0.1) is 11.3 Å². The SMILES string of the molecule is Cc1noc(C)c1-c1ccc(S(=O)(=O)N2CCC[C@H]2c2nc(C(C)C)no2)s1. The van der Waals surface area contributed by atoms with Crippen LogP contribution in [0.2, 0.25) is 0 Å². The molecule has 0 N–H and O–H groups in total. The van der Waals surface area contributed by atoms with Crippen molar-refractivity contribution in [3.63, 3.8) is 0 Å². The van der Waals surface area contributed by atoms with E-state index in [-0.39, 0.29) is 10.1 Å². The molecular weight excluding hydrogens is 400 g/mol. The molecule has 3 aromatic heterocycles. The zero-order valence-electron chi connectivity index (χ0n) is 16.2. The van der Waals surface area contributed by atoms with Crippen molar-refractivity contribution in [2.45, 2.75) is 56.7 Å². The minimum atomic E-state index is -3.67. The van der Waals surface area contributed by atoms with E-state index in [1.165, 1.54) is 15.6 Å². The number of rotatable bonds is 5. The first-order chi connectivity index (χ1) is 13.3. The molecule has 0 aromatic carbocycles. The van der Waals surface area contributed by atoms with Gasteiger partial charge in [-0.1, -0.05) is 24.2 Å².